The third kappa shape index (κ3) is 7.64. The first-order valence-electron chi connectivity index (χ1n) is 6.74. The molecule has 0 saturated heterocycles. The van der Waals surface area contributed by atoms with Crippen molar-refractivity contribution in [2.75, 3.05) is 0 Å². The van der Waals surface area contributed by atoms with Crippen LogP contribution in [0.5, 0.6) is 0 Å². The molecule has 0 aliphatic carbocycles. The summed E-state index contributed by atoms with van der Waals surface area (Å²) in [5.74, 6) is 0.755. The van der Waals surface area contributed by atoms with Gasteiger partial charge in [0.15, 0.2) is 0 Å². The molecular weight excluding hydrogens is 180 g/mol. The molecule has 0 saturated carbocycles. The number of rotatable bonds is 9. The van der Waals surface area contributed by atoms with Gasteiger partial charge < -0.3 is 0 Å². The largest absolute Gasteiger partial charge is 0.0848 e. The van der Waals surface area contributed by atoms with Crippen LogP contribution < -0.4 is 0 Å². The summed E-state index contributed by atoms with van der Waals surface area (Å²) < 4.78 is 0. The Kier molecular flexibility index (Phi) is 10.1. The summed E-state index contributed by atoms with van der Waals surface area (Å²) in [6, 6.07) is 0. The van der Waals surface area contributed by atoms with Gasteiger partial charge in [0, 0.05) is 0 Å². The maximum atomic E-state index is 3.95. The molecule has 15 heavy (non-hydrogen) atoms. The second kappa shape index (κ2) is 10.3. The first kappa shape index (κ1) is 14.7. The van der Waals surface area contributed by atoms with E-state index in [9.17, 15) is 0 Å². The summed E-state index contributed by atoms with van der Waals surface area (Å²) in [4.78, 5) is 0. The van der Waals surface area contributed by atoms with Crippen LogP contribution >= 0.6 is 0 Å². The van der Waals surface area contributed by atoms with Crippen molar-refractivity contribution in [1.29, 1.82) is 0 Å². The van der Waals surface area contributed by atoms with Crippen molar-refractivity contribution in [1.82, 2.24) is 0 Å². The molecule has 1 unspecified atom stereocenters. The van der Waals surface area contributed by atoms with Gasteiger partial charge in [0.1, 0.15) is 0 Å². The second-order valence-corrected chi connectivity index (χ2v) is 4.63. The van der Waals surface area contributed by atoms with Crippen LogP contribution in [0.25, 0.3) is 0 Å². The Hall–Kier alpha value is -0.260. The van der Waals surface area contributed by atoms with E-state index in [2.05, 4.69) is 33.8 Å². The van der Waals surface area contributed by atoms with Crippen molar-refractivity contribution in [2.45, 2.75) is 72.1 Å². The molecule has 0 aliphatic heterocycles. The van der Waals surface area contributed by atoms with Crippen LogP contribution in [0.15, 0.2) is 11.6 Å². The highest BCUT2D eigenvalue weighted by molar-refractivity contribution is 5.07. The van der Waals surface area contributed by atoms with Crippen molar-refractivity contribution >= 4 is 0 Å². The quantitative estimate of drug-likeness (QED) is 0.437. The summed E-state index contributed by atoms with van der Waals surface area (Å²) in [6.07, 6.45) is 12.8. The molecule has 0 amide bonds. The fourth-order valence-electron chi connectivity index (χ4n) is 2.01. The second-order valence-electron chi connectivity index (χ2n) is 4.63. The molecule has 0 spiro atoms. The van der Waals surface area contributed by atoms with Crippen LogP contribution in [0.2, 0.25) is 0 Å². The minimum Gasteiger partial charge on any atom is -0.0848 e. The number of hydrogen-bond acceptors (Lipinski definition) is 0. The van der Waals surface area contributed by atoms with Crippen molar-refractivity contribution in [3.05, 3.63) is 18.6 Å². The first-order chi connectivity index (χ1) is 7.26. The topological polar surface area (TPSA) is 0 Å². The first-order valence-corrected chi connectivity index (χ1v) is 6.74. The highest BCUT2D eigenvalue weighted by atomic mass is 14.1. The van der Waals surface area contributed by atoms with Crippen LogP contribution in [0, 0.1) is 12.8 Å². The van der Waals surface area contributed by atoms with Crippen LogP contribution in [-0.4, -0.2) is 0 Å². The van der Waals surface area contributed by atoms with Crippen LogP contribution in [0.4, 0.5) is 0 Å². The molecule has 0 fully saturated rings. The lowest BCUT2D eigenvalue weighted by Crippen LogP contribution is -2.00. The molecule has 1 radical (unpaired) electrons. The van der Waals surface area contributed by atoms with E-state index in [0.717, 1.165) is 5.92 Å². The van der Waals surface area contributed by atoms with Gasteiger partial charge in [-0.15, -0.1) is 0 Å². The van der Waals surface area contributed by atoms with Gasteiger partial charge in [-0.25, -0.2) is 0 Å². The van der Waals surface area contributed by atoms with Crippen LogP contribution in [0.1, 0.15) is 72.1 Å². The van der Waals surface area contributed by atoms with Crippen LogP contribution in [0.3, 0.4) is 0 Å². The van der Waals surface area contributed by atoms with Gasteiger partial charge in [0.05, 0.1) is 0 Å². The minimum atomic E-state index is 0.755. The average molecular weight is 209 g/mol. The van der Waals surface area contributed by atoms with Gasteiger partial charge in [0.25, 0.3) is 0 Å². The lowest BCUT2D eigenvalue weighted by atomic mass is 9.91. The van der Waals surface area contributed by atoms with Gasteiger partial charge in [0.2, 0.25) is 0 Å². The van der Waals surface area contributed by atoms with Gasteiger partial charge in [-0.3, -0.25) is 0 Å². The minimum absolute atomic E-state index is 0.755. The zero-order valence-corrected chi connectivity index (χ0v) is 11.0. The Labute approximate surface area is 97.2 Å². The third-order valence-corrected chi connectivity index (χ3v) is 3.20. The van der Waals surface area contributed by atoms with Crippen molar-refractivity contribution < 1.29 is 0 Å². The predicted molar refractivity (Wildman–Crippen MR) is 70.9 cm³/mol. The molecule has 0 heterocycles. The van der Waals surface area contributed by atoms with Crippen molar-refractivity contribution in [3.8, 4) is 0 Å². The third-order valence-electron chi connectivity index (χ3n) is 3.20. The number of hydrogen-bond donors (Lipinski definition) is 0. The predicted octanol–water partition coefficient (Wildman–Crippen LogP) is 5.54. The molecule has 0 bridgehead atoms. The molecule has 0 aromatic carbocycles. The molecule has 0 aromatic rings. The SMILES string of the molecule is [CH2]C=C(CCCCC)C(C)CCCCC. The zero-order valence-electron chi connectivity index (χ0n) is 11.0. The molecule has 0 heteroatoms. The molecular formula is C15H29. The summed E-state index contributed by atoms with van der Waals surface area (Å²) in [5.41, 5.74) is 1.58. The Morgan fingerprint density at radius 2 is 1.67 bits per heavy atom. The molecule has 0 aromatic heterocycles. The summed E-state index contributed by atoms with van der Waals surface area (Å²) in [7, 11) is 0. The molecule has 89 valence electrons. The average Bonchev–Trinajstić information content (AvgIpc) is 2.24. The lowest BCUT2D eigenvalue weighted by Gasteiger charge is -2.15. The highest BCUT2D eigenvalue weighted by Crippen LogP contribution is 2.23. The van der Waals surface area contributed by atoms with E-state index in [-0.39, 0.29) is 0 Å². The highest BCUT2D eigenvalue weighted by Gasteiger charge is 2.06. The fraction of sp³-hybridized carbons (Fsp3) is 0.800. The van der Waals surface area contributed by atoms with E-state index in [4.69, 9.17) is 0 Å². The molecule has 0 aliphatic rings. The van der Waals surface area contributed by atoms with Crippen molar-refractivity contribution in [2.24, 2.45) is 5.92 Å². The van der Waals surface area contributed by atoms with E-state index in [1.54, 1.807) is 5.57 Å². The Morgan fingerprint density at radius 3 is 2.20 bits per heavy atom. The fourth-order valence-corrected chi connectivity index (χ4v) is 2.01. The number of allylic oxidation sites excluding steroid dienone is 2. The molecule has 0 N–H and O–H groups in total. The molecule has 1 atom stereocenters. The van der Waals surface area contributed by atoms with E-state index in [1.165, 1.54) is 51.4 Å². The van der Waals surface area contributed by atoms with Gasteiger partial charge in [-0.2, -0.15) is 0 Å². The smallest absolute Gasteiger partial charge is 0.0232 e. The maximum absolute atomic E-state index is 3.95. The Balaban J connectivity index is 3.74. The van der Waals surface area contributed by atoms with E-state index in [0.29, 0.717) is 0 Å². The molecule has 0 nitrogen and oxygen atoms in total. The Bertz CT molecular complexity index is 155. The summed E-state index contributed by atoms with van der Waals surface area (Å²) in [5, 5.41) is 0. The standard InChI is InChI=1S/C15H29/c1-5-8-10-12-14(4)15(7-3)13-11-9-6-2/h7,14H,3,5-6,8-13H2,1-2,4H3. The van der Waals surface area contributed by atoms with Gasteiger partial charge >= 0.3 is 0 Å². The normalized spacial score (nSPS) is 14.3. The monoisotopic (exact) mass is 209 g/mol. The van der Waals surface area contributed by atoms with Crippen LogP contribution in [-0.2, 0) is 0 Å². The molecule has 0 rings (SSSR count). The summed E-state index contributed by atoms with van der Waals surface area (Å²) >= 11 is 0. The van der Waals surface area contributed by atoms with E-state index >= 15 is 0 Å². The zero-order chi connectivity index (χ0) is 11.5. The Morgan fingerprint density at radius 1 is 1.07 bits per heavy atom. The van der Waals surface area contributed by atoms with Gasteiger partial charge in [-0.05, 0) is 32.1 Å². The maximum Gasteiger partial charge on any atom is -0.0232 e. The van der Waals surface area contributed by atoms with Gasteiger partial charge in [-0.1, -0.05) is 64.5 Å². The van der Waals surface area contributed by atoms with Crippen molar-refractivity contribution in [3.63, 3.8) is 0 Å². The van der Waals surface area contributed by atoms with E-state index in [1.807, 2.05) is 0 Å². The lowest BCUT2D eigenvalue weighted by molar-refractivity contribution is 0.530. The number of unbranched alkanes of at least 4 members (excludes halogenated alkanes) is 4. The summed E-state index contributed by atoms with van der Waals surface area (Å²) in [6.45, 7) is 10.8. The van der Waals surface area contributed by atoms with E-state index < -0.39 is 0 Å².